The van der Waals surface area contributed by atoms with Crippen molar-refractivity contribution in [3.8, 4) is 12.1 Å². The average molecular weight is 296 g/mol. The first-order valence-electron chi connectivity index (χ1n) is 7.04. The Morgan fingerprint density at radius 1 is 0.826 bits per heavy atom. The summed E-state index contributed by atoms with van der Waals surface area (Å²) in [5.74, 6) is 0. The van der Waals surface area contributed by atoms with E-state index >= 15 is 0 Å². The first-order valence-corrected chi connectivity index (χ1v) is 7.04. The fourth-order valence-corrected chi connectivity index (χ4v) is 2.34. The van der Waals surface area contributed by atoms with Crippen LogP contribution in [0.5, 0.6) is 0 Å². The van der Waals surface area contributed by atoms with E-state index in [2.05, 4.69) is 10.5 Å². The molecular formula is C19H12N4. The van der Waals surface area contributed by atoms with Crippen molar-refractivity contribution in [1.29, 1.82) is 10.5 Å². The summed E-state index contributed by atoms with van der Waals surface area (Å²) in [7, 11) is 0. The SMILES string of the molecule is N#CC(C#N)=C1C=C(c2ccccc2)NN=C1c1ccccc1. The van der Waals surface area contributed by atoms with Gasteiger partial charge in [-0.2, -0.15) is 15.6 Å². The van der Waals surface area contributed by atoms with Gasteiger partial charge in [0, 0.05) is 11.1 Å². The summed E-state index contributed by atoms with van der Waals surface area (Å²) in [6.07, 6.45) is 1.80. The van der Waals surface area contributed by atoms with Crippen LogP contribution >= 0.6 is 0 Å². The van der Waals surface area contributed by atoms with Gasteiger partial charge in [-0.05, 0) is 11.6 Å². The number of hydrogen-bond acceptors (Lipinski definition) is 4. The summed E-state index contributed by atoms with van der Waals surface area (Å²) in [5, 5.41) is 22.9. The van der Waals surface area contributed by atoms with Crippen LogP contribution in [0.25, 0.3) is 5.70 Å². The Balaban J connectivity index is 2.13. The molecule has 0 radical (unpaired) electrons. The van der Waals surface area contributed by atoms with E-state index < -0.39 is 0 Å². The molecule has 4 nitrogen and oxygen atoms in total. The third kappa shape index (κ3) is 2.88. The van der Waals surface area contributed by atoms with Gasteiger partial charge >= 0.3 is 0 Å². The molecule has 1 aliphatic rings. The highest BCUT2D eigenvalue weighted by Crippen LogP contribution is 2.23. The van der Waals surface area contributed by atoms with Gasteiger partial charge in [-0.25, -0.2) is 0 Å². The molecule has 2 aromatic rings. The number of hydrogen-bond donors (Lipinski definition) is 1. The van der Waals surface area contributed by atoms with Gasteiger partial charge in [0.1, 0.15) is 17.7 Å². The lowest BCUT2D eigenvalue weighted by atomic mass is 9.95. The Bertz CT molecular complexity index is 876. The molecule has 0 saturated heterocycles. The van der Waals surface area contributed by atoms with E-state index in [-0.39, 0.29) is 5.57 Å². The maximum atomic E-state index is 9.26. The number of nitriles is 2. The standard InChI is InChI=1S/C19H12N4/c20-12-16(13-21)17-11-18(14-7-3-1-4-8-14)22-23-19(17)15-9-5-2-6-10-15/h1-11,22H. The summed E-state index contributed by atoms with van der Waals surface area (Å²) in [6, 6.07) is 23.1. The third-order valence-electron chi connectivity index (χ3n) is 3.46. The number of benzene rings is 2. The molecule has 0 bridgehead atoms. The highest BCUT2D eigenvalue weighted by Gasteiger charge is 2.19. The van der Waals surface area contributed by atoms with Crippen LogP contribution in [-0.2, 0) is 0 Å². The molecule has 2 aromatic carbocycles. The molecule has 0 saturated carbocycles. The Kier molecular flexibility index (Phi) is 4.00. The van der Waals surface area contributed by atoms with Gasteiger partial charge in [0.05, 0.1) is 11.4 Å². The molecule has 4 heteroatoms. The van der Waals surface area contributed by atoms with Crippen LogP contribution in [-0.4, -0.2) is 5.71 Å². The van der Waals surface area contributed by atoms with Gasteiger partial charge in [0.2, 0.25) is 0 Å². The van der Waals surface area contributed by atoms with E-state index in [4.69, 9.17) is 0 Å². The summed E-state index contributed by atoms with van der Waals surface area (Å²) in [5.41, 5.74) is 6.71. The topological polar surface area (TPSA) is 72.0 Å². The van der Waals surface area contributed by atoms with Gasteiger partial charge in [-0.15, -0.1) is 0 Å². The molecule has 0 spiro atoms. The first-order chi connectivity index (χ1) is 11.3. The van der Waals surface area contributed by atoms with Crippen LogP contribution in [0.3, 0.4) is 0 Å². The second-order valence-corrected chi connectivity index (χ2v) is 4.87. The van der Waals surface area contributed by atoms with Crippen molar-refractivity contribution >= 4 is 11.4 Å². The highest BCUT2D eigenvalue weighted by atomic mass is 15.3. The van der Waals surface area contributed by atoms with Crippen molar-refractivity contribution in [3.63, 3.8) is 0 Å². The van der Waals surface area contributed by atoms with Crippen LogP contribution < -0.4 is 5.43 Å². The van der Waals surface area contributed by atoms with Crippen molar-refractivity contribution in [3.05, 3.63) is 89.0 Å². The molecule has 1 N–H and O–H groups in total. The minimum absolute atomic E-state index is 0.0440. The predicted octanol–water partition coefficient (Wildman–Crippen LogP) is 3.38. The van der Waals surface area contributed by atoms with E-state index in [9.17, 15) is 10.5 Å². The molecule has 0 fully saturated rings. The number of rotatable bonds is 2. The highest BCUT2D eigenvalue weighted by molar-refractivity contribution is 6.17. The van der Waals surface area contributed by atoms with Gasteiger partial charge in [-0.1, -0.05) is 60.7 Å². The predicted molar refractivity (Wildman–Crippen MR) is 88.8 cm³/mol. The van der Waals surface area contributed by atoms with E-state index in [1.165, 1.54) is 0 Å². The summed E-state index contributed by atoms with van der Waals surface area (Å²) in [4.78, 5) is 0. The van der Waals surface area contributed by atoms with Gasteiger partial charge < -0.3 is 0 Å². The lowest BCUT2D eigenvalue weighted by Gasteiger charge is -2.18. The zero-order chi connectivity index (χ0) is 16.1. The van der Waals surface area contributed by atoms with Crippen LogP contribution in [0.2, 0.25) is 0 Å². The third-order valence-corrected chi connectivity index (χ3v) is 3.46. The van der Waals surface area contributed by atoms with Crippen LogP contribution in [0.15, 0.2) is 83.0 Å². The zero-order valence-corrected chi connectivity index (χ0v) is 12.2. The van der Waals surface area contributed by atoms with Crippen molar-refractivity contribution in [2.75, 3.05) is 0 Å². The maximum absolute atomic E-state index is 9.26. The summed E-state index contributed by atoms with van der Waals surface area (Å²) < 4.78 is 0. The van der Waals surface area contributed by atoms with Gasteiger partial charge in [0.15, 0.2) is 0 Å². The molecule has 1 aliphatic heterocycles. The van der Waals surface area contributed by atoms with Gasteiger partial charge in [0.25, 0.3) is 0 Å². The quantitative estimate of drug-likeness (QED) is 0.863. The minimum Gasteiger partial charge on any atom is -0.277 e. The van der Waals surface area contributed by atoms with E-state index in [1.807, 2.05) is 72.8 Å². The first kappa shape index (κ1) is 14.3. The summed E-state index contributed by atoms with van der Waals surface area (Å²) >= 11 is 0. The Morgan fingerprint density at radius 3 is 1.96 bits per heavy atom. The monoisotopic (exact) mass is 296 g/mol. The largest absolute Gasteiger partial charge is 0.277 e. The second-order valence-electron chi connectivity index (χ2n) is 4.87. The minimum atomic E-state index is 0.0440. The second kappa shape index (κ2) is 6.43. The molecule has 0 atom stereocenters. The number of nitrogens with zero attached hydrogens (tertiary/aromatic N) is 3. The molecule has 108 valence electrons. The van der Waals surface area contributed by atoms with Crippen molar-refractivity contribution in [2.24, 2.45) is 5.10 Å². The molecule has 0 unspecified atom stereocenters. The normalized spacial score (nSPS) is 13.0. The smallest absolute Gasteiger partial charge is 0.139 e. The van der Waals surface area contributed by atoms with Crippen molar-refractivity contribution in [1.82, 2.24) is 5.43 Å². The molecule has 23 heavy (non-hydrogen) atoms. The van der Waals surface area contributed by atoms with E-state index in [0.29, 0.717) is 11.3 Å². The van der Waals surface area contributed by atoms with Crippen LogP contribution in [0.1, 0.15) is 11.1 Å². The average Bonchev–Trinajstić information content (AvgIpc) is 2.64. The van der Waals surface area contributed by atoms with Crippen LogP contribution in [0, 0.1) is 22.7 Å². The molecule has 0 aliphatic carbocycles. The van der Waals surface area contributed by atoms with Crippen molar-refractivity contribution in [2.45, 2.75) is 0 Å². The Hall–Kier alpha value is -3.63. The Morgan fingerprint density at radius 2 is 1.39 bits per heavy atom. The van der Waals surface area contributed by atoms with E-state index in [1.54, 1.807) is 6.08 Å². The van der Waals surface area contributed by atoms with Crippen molar-refractivity contribution < 1.29 is 0 Å². The summed E-state index contributed by atoms with van der Waals surface area (Å²) in [6.45, 7) is 0. The fourth-order valence-electron chi connectivity index (χ4n) is 2.34. The molecule has 0 amide bonds. The van der Waals surface area contributed by atoms with Gasteiger partial charge in [-0.3, -0.25) is 5.43 Å². The maximum Gasteiger partial charge on any atom is 0.139 e. The zero-order valence-electron chi connectivity index (χ0n) is 12.2. The Labute approximate surface area is 134 Å². The lowest BCUT2D eigenvalue weighted by Crippen LogP contribution is -2.19. The molecule has 1 heterocycles. The molecule has 0 aromatic heterocycles. The lowest BCUT2D eigenvalue weighted by molar-refractivity contribution is 0.978. The van der Waals surface area contributed by atoms with E-state index in [0.717, 1.165) is 16.8 Å². The fraction of sp³-hybridized carbons (Fsp3) is 0. The number of allylic oxidation sites excluding steroid dienone is 3. The van der Waals surface area contributed by atoms with Crippen LogP contribution in [0.4, 0.5) is 0 Å². The number of hydrazone groups is 1. The molecule has 3 rings (SSSR count). The molecular weight excluding hydrogens is 284 g/mol. The number of nitrogens with one attached hydrogen (secondary N) is 1.